The third-order valence-corrected chi connectivity index (χ3v) is 4.72. The topological polar surface area (TPSA) is 102 Å². The van der Waals surface area contributed by atoms with Crippen molar-refractivity contribution in [1.82, 2.24) is 14.9 Å². The van der Waals surface area contributed by atoms with Crippen LogP contribution in [0.1, 0.15) is 18.3 Å². The molecule has 1 amide bonds. The molecule has 0 radical (unpaired) electrons. The Morgan fingerprint density at radius 1 is 1.38 bits per heavy atom. The molecule has 1 aromatic carbocycles. The number of hydrogen-bond donors (Lipinski definition) is 2. The molecule has 0 saturated heterocycles. The Morgan fingerprint density at radius 3 is 2.96 bits per heavy atom. The van der Waals surface area contributed by atoms with E-state index in [-0.39, 0.29) is 18.0 Å². The van der Waals surface area contributed by atoms with Gasteiger partial charge in [0.1, 0.15) is 16.9 Å². The first-order chi connectivity index (χ1) is 12.6. The van der Waals surface area contributed by atoms with Gasteiger partial charge in [-0.2, -0.15) is 5.26 Å². The van der Waals surface area contributed by atoms with Gasteiger partial charge < -0.3 is 10.3 Å². The standard InChI is InChI=1S/C18H17N5O2S/c1-2-23(11-16(24)22-18-12(9-19)7-8-26-18)10-15-20-14-6-4-3-5-13(14)17(25)21-15/h3-8H,2,10-11H2,1H3,(H,22,24)(H,20,21,25). The van der Waals surface area contributed by atoms with Crippen molar-refractivity contribution in [3.8, 4) is 6.07 Å². The number of nitriles is 1. The van der Waals surface area contributed by atoms with Gasteiger partial charge in [0.05, 0.1) is 29.6 Å². The van der Waals surface area contributed by atoms with E-state index in [1.165, 1.54) is 11.3 Å². The molecule has 2 heterocycles. The van der Waals surface area contributed by atoms with Gasteiger partial charge in [0.2, 0.25) is 5.91 Å². The molecule has 0 unspecified atom stereocenters. The number of aromatic nitrogens is 2. The van der Waals surface area contributed by atoms with Crippen molar-refractivity contribution >= 4 is 33.1 Å². The van der Waals surface area contributed by atoms with Crippen molar-refractivity contribution < 1.29 is 4.79 Å². The Kier molecular flexibility index (Phi) is 5.41. The summed E-state index contributed by atoms with van der Waals surface area (Å²) in [6.45, 7) is 3.02. The summed E-state index contributed by atoms with van der Waals surface area (Å²) in [7, 11) is 0. The number of nitrogens with zero attached hydrogens (tertiary/aromatic N) is 3. The van der Waals surface area contributed by atoms with Crippen LogP contribution in [0.4, 0.5) is 5.00 Å². The normalized spacial score (nSPS) is 10.8. The number of anilines is 1. The van der Waals surface area contributed by atoms with Gasteiger partial charge >= 0.3 is 0 Å². The average molecular weight is 367 g/mol. The lowest BCUT2D eigenvalue weighted by molar-refractivity contribution is -0.117. The second-order valence-corrected chi connectivity index (χ2v) is 6.57. The smallest absolute Gasteiger partial charge is 0.258 e. The fourth-order valence-electron chi connectivity index (χ4n) is 2.56. The Balaban J connectivity index is 1.71. The lowest BCUT2D eigenvalue weighted by Gasteiger charge is -2.19. The second-order valence-electron chi connectivity index (χ2n) is 5.66. The second kappa shape index (κ2) is 7.91. The van der Waals surface area contributed by atoms with Crippen LogP contribution in [-0.4, -0.2) is 33.9 Å². The molecule has 132 valence electrons. The van der Waals surface area contributed by atoms with Gasteiger partial charge in [-0.1, -0.05) is 19.1 Å². The SMILES string of the molecule is CCN(CC(=O)Nc1sccc1C#N)Cc1nc2ccccc2c(=O)[nH]1. The van der Waals surface area contributed by atoms with Gasteiger partial charge in [0, 0.05) is 0 Å². The summed E-state index contributed by atoms with van der Waals surface area (Å²) < 4.78 is 0. The number of likely N-dealkylation sites (N-methyl/N-ethyl adjacent to an activating group) is 1. The van der Waals surface area contributed by atoms with Gasteiger partial charge in [-0.3, -0.25) is 14.5 Å². The van der Waals surface area contributed by atoms with Crippen molar-refractivity contribution in [1.29, 1.82) is 5.26 Å². The third-order valence-electron chi connectivity index (χ3n) is 3.89. The summed E-state index contributed by atoms with van der Waals surface area (Å²) in [5.41, 5.74) is 0.888. The number of H-pyrrole nitrogens is 1. The number of benzene rings is 1. The minimum atomic E-state index is -0.214. The van der Waals surface area contributed by atoms with Crippen LogP contribution in [0.3, 0.4) is 0 Å². The highest BCUT2D eigenvalue weighted by molar-refractivity contribution is 7.14. The Bertz CT molecular complexity index is 1030. The molecule has 7 nitrogen and oxygen atoms in total. The molecule has 26 heavy (non-hydrogen) atoms. The van der Waals surface area contributed by atoms with Crippen molar-refractivity contribution in [3.05, 3.63) is 57.5 Å². The molecule has 0 saturated carbocycles. The fourth-order valence-corrected chi connectivity index (χ4v) is 3.32. The first-order valence-corrected chi connectivity index (χ1v) is 8.96. The molecule has 0 fully saturated rings. The monoisotopic (exact) mass is 367 g/mol. The van der Waals surface area contributed by atoms with E-state index in [0.717, 1.165) is 0 Å². The van der Waals surface area contributed by atoms with Crippen LogP contribution in [0.15, 0.2) is 40.5 Å². The summed E-state index contributed by atoms with van der Waals surface area (Å²) in [4.78, 5) is 33.5. The van der Waals surface area contributed by atoms with Crippen LogP contribution in [0, 0.1) is 11.3 Å². The zero-order valence-electron chi connectivity index (χ0n) is 14.2. The average Bonchev–Trinajstić information content (AvgIpc) is 3.08. The quantitative estimate of drug-likeness (QED) is 0.696. The maximum Gasteiger partial charge on any atom is 0.258 e. The number of nitrogens with one attached hydrogen (secondary N) is 2. The molecule has 3 rings (SSSR count). The molecule has 3 aromatic rings. The van der Waals surface area contributed by atoms with E-state index in [4.69, 9.17) is 5.26 Å². The fraction of sp³-hybridized carbons (Fsp3) is 0.222. The van der Waals surface area contributed by atoms with Crippen molar-refractivity contribution in [2.45, 2.75) is 13.5 Å². The Morgan fingerprint density at radius 2 is 2.19 bits per heavy atom. The highest BCUT2D eigenvalue weighted by Gasteiger charge is 2.14. The molecular formula is C18H17N5O2S. The Labute approximate surface area is 153 Å². The maximum atomic E-state index is 12.3. The summed E-state index contributed by atoms with van der Waals surface area (Å²) >= 11 is 1.31. The van der Waals surface area contributed by atoms with Gasteiger partial charge in [0.15, 0.2) is 0 Å². The van der Waals surface area contributed by atoms with E-state index in [0.29, 0.717) is 40.4 Å². The van der Waals surface area contributed by atoms with Crippen molar-refractivity contribution in [3.63, 3.8) is 0 Å². The summed E-state index contributed by atoms with van der Waals surface area (Å²) in [6, 6.07) is 10.9. The van der Waals surface area contributed by atoms with Gasteiger partial charge in [-0.05, 0) is 30.1 Å². The third kappa shape index (κ3) is 3.96. The van der Waals surface area contributed by atoms with Crippen molar-refractivity contribution in [2.75, 3.05) is 18.4 Å². The predicted molar refractivity (Wildman–Crippen MR) is 101 cm³/mol. The number of fused-ring (bicyclic) bond motifs is 1. The molecule has 0 spiro atoms. The maximum absolute atomic E-state index is 12.3. The number of carbonyl (C=O) groups is 1. The molecule has 0 aliphatic carbocycles. The number of hydrogen-bond acceptors (Lipinski definition) is 6. The number of rotatable bonds is 6. The Hall–Kier alpha value is -3.02. The summed E-state index contributed by atoms with van der Waals surface area (Å²) in [5, 5.41) is 14.6. The first kappa shape index (κ1) is 17.8. The van der Waals surface area contributed by atoms with Crippen LogP contribution in [0.5, 0.6) is 0 Å². The molecule has 8 heteroatoms. The predicted octanol–water partition coefficient (Wildman–Crippen LogP) is 2.32. The minimum Gasteiger partial charge on any atom is -0.315 e. The highest BCUT2D eigenvalue weighted by atomic mass is 32.1. The van der Waals surface area contributed by atoms with Crippen LogP contribution in [0.25, 0.3) is 10.9 Å². The molecule has 0 aliphatic heterocycles. The molecule has 2 aromatic heterocycles. The van der Waals surface area contributed by atoms with Crippen molar-refractivity contribution in [2.24, 2.45) is 0 Å². The van der Waals surface area contributed by atoms with Crippen LogP contribution < -0.4 is 10.9 Å². The van der Waals surface area contributed by atoms with Gasteiger partial charge in [-0.15, -0.1) is 11.3 Å². The van der Waals surface area contributed by atoms with Crippen LogP contribution in [-0.2, 0) is 11.3 Å². The van der Waals surface area contributed by atoms with E-state index in [2.05, 4.69) is 15.3 Å². The van der Waals surface area contributed by atoms with Crippen LogP contribution in [0.2, 0.25) is 0 Å². The zero-order chi connectivity index (χ0) is 18.5. The van der Waals surface area contributed by atoms with E-state index < -0.39 is 0 Å². The molecular weight excluding hydrogens is 350 g/mol. The minimum absolute atomic E-state index is 0.135. The number of amides is 1. The first-order valence-electron chi connectivity index (χ1n) is 8.08. The van der Waals surface area contributed by atoms with Gasteiger partial charge in [0.25, 0.3) is 5.56 Å². The molecule has 0 aliphatic rings. The lowest BCUT2D eigenvalue weighted by atomic mass is 10.2. The summed E-state index contributed by atoms with van der Waals surface area (Å²) in [5.74, 6) is 0.297. The number of carbonyl (C=O) groups excluding carboxylic acids is 1. The van der Waals surface area contributed by atoms with Crippen LogP contribution >= 0.6 is 11.3 Å². The number of thiophene rings is 1. The lowest BCUT2D eigenvalue weighted by Crippen LogP contribution is -2.33. The largest absolute Gasteiger partial charge is 0.315 e. The zero-order valence-corrected chi connectivity index (χ0v) is 15.0. The molecule has 0 atom stereocenters. The molecule has 2 N–H and O–H groups in total. The van der Waals surface area contributed by atoms with Gasteiger partial charge in [-0.25, -0.2) is 4.98 Å². The number of para-hydroxylation sites is 1. The number of aromatic amines is 1. The summed E-state index contributed by atoms with van der Waals surface area (Å²) in [6.07, 6.45) is 0. The van der Waals surface area contributed by atoms with E-state index >= 15 is 0 Å². The van der Waals surface area contributed by atoms with E-state index in [1.54, 1.807) is 29.6 Å². The molecule has 0 bridgehead atoms. The van der Waals surface area contributed by atoms with E-state index in [9.17, 15) is 9.59 Å². The highest BCUT2D eigenvalue weighted by Crippen LogP contribution is 2.22. The van der Waals surface area contributed by atoms with E-state index in [1.807, 2.05) is 24.0 Å².